The van der Waals surface area contributed by atoms with Crippen LogP contribution in [0.25, 0.3) is 0 Å². The lowest BCUT2D eigenvalue weighted by atomic mass is 10.5. The molecule has 2 aromatic heterocycles. The fraction of sp³-hybridized carbons (Fsp3) is 0.200. The molecule has 78 valence electrons. The number of hydrogen-bond donors (Lipinski definition) is 1. The highest BCUT2D eigenvalue weighted by Gasteiger charge is 1.95. The summed E-state index contributed by atoms with van der Waals surface area (Å²) in [4.78, 5) is 5.16. The van der Waals surface area contributed by atoms with Crippen LogP contribution >= 0.6 is 11.8 Å². The Hall–Kier alpha value is -1.49. The number of thioether (sulfide) groups is 1. The van der Waals surface area contributed by atoms with E-state index in [1.807, 2.05) is 29.1 Å². The molecule has 0 unspecified atom stereocenters. The number of nitrogens with zero attached hydrogens (tertiary/aromatic N) is 3. The summed E-state index contributed by atoms with van der Waals surface area (Å²) in [5.74, 6) is 1.54. The van der Waals surface area contributed by atoms with Crippen LogP contribution in [0.3, 0.4) is 0 Å². The number of rotatable bonds is 4. The highest BCUT2D eigenvalue weighted by atomic mass is 32.2. The minimum atomic E-state index is 0.562. The molecule has 0 fully saturated rings. The number of aryl methyl sites for hydroxylation is 1. The Bertz CT molecular complexity index is 396. The predicted octanol–water partition coefficient (Wildman–Crippen LogP) is 1.65. The van der Waals surface area contributed by atoms with E-state index >= 15 is 0 Å². The first kappa shape index (κ1) is 10.0. The van der Waals surface area contributed by atoms with Gasteiger partial charge in [0.2, 0.25) is 0 Å². The van der Waals surface area contributed by atoms with Gasteiger partial charge in [-0.2, -0.15) is 5.10 Å². The highest BCUT2D eigenvalue weighted by Crippen LogP contribution is 2.17. The van der Waals surface area contributed by atoms with Crippen LogP contribution in [0.15, 0.2) is 41.7 Å². The molecule has 0 atom stereocenters. The van der Waals surface area contributed by atoms with E-state index in [0.717, 1.165) is 17.2 Å². The van der Waals surface area contributed by atoms with Crippen LogP contribution in [0.4, 0.5) is 5.82 Å². The van der Waals surface area contributed by atoms with Gasteiger partial charge in [-0.1, -0.05) is 0 Å². The standard InChI is InChI=1S/C10H12N4S/c11-10-3-2-9(8-12-10)15-7-6-14-5-1-4-13-14/h1-5,8H,6-7H2,(H2,11,12). The molecule has 2 aromatic rings. The first-order valence-corrected chi connectivity index (χ1v) is 5.65. The Labute approximate surface area is 92.5 Å². The lowest BCUT2D eigenvalue weighted by molar-refractivity contribution is 0.666. The molecular weight excluding hydrogens is 208 g/mol. The van der Waals surface area contributed by atoms with E-state index in [-0.39, 0.29) is 0 Å². The van der Waals surface area contributed by atoms with Crippen LogP contribution in [0, 0.1) is 0 Å². The van der Waals surface area contributed by atoms with Crippen molar-refractivity contribution in [3.8, 4) is 0 Å². The normalized spacial score (nSPS) is 10.4. The summed E-state index contributed by atoms with van der Waals surface area (Å²) in [6.45, 7) is 0.905. The van der Waals surface area contributed by atoms with Crippen molar-refractivity contribution in [1.29, 1.82) is 0 Å². The molecule has 2 N–H and O–H groups in total. The van der Waals surface area contributed by atoms with Gasteiger partial charge in [0.05, 0.1) is 6.54 Å². The Morgan fingerprint density at radius 2 is 2.33 bits per heavy atom. The highest BCUT2D eigenvalue weighted by molar-refractivity contribution is 7.99. The van der Waals surface area contributed by atoms with Gasteiger partial charge in [0.15, 0.2) is 0 Å². The average Bonchev–Trinajstić information content (AvgIpc) is 2.74. The summed E-state index contributed by atoms with van der Waals surface area (Å²) in [6, 6.07) is 5.72. The smallest absolute Gasteiger partial charge is 0.123 e. The second-order valence-electron chi connectivity index (χ2n) is 3.04. The molecule has 0 aliphatic rings. The average molecular weight is 220 g/mol. The second-order valence-corrected chi connectivity index (χ2v) is 4.20. The Morgan fingerprint density at radius 1 is 1.40 bits per heavy atom. The van der Waals surface area contributed by atoms with E-state index in [1.165, 1.54) is 0 Å². The number of nitrogen functional groups attached to an aromatic ring is 1. The molecule has 2 rings (SSSR count). The molecule has 0 radical (unpaired) electrons. The molecule has 0 amide bonds. The van der Waals surface area contributed by atoms with Crippen LogP contribution in [0.2, 0.25) is 0 Å². The summed E-state index contributed by atoms with van der Waals surface area (Å²) < 4.78 is 1.91. The van der Waals surface area contributed by atoms with Gasteiger partial charge in [0, 0.05) is 29.2 Å². The minimum absolute atomic E-state index is 0.562. The van der Waals surface area contributed by atoms with Crippen molar-refractivity contribution in [3.05, 3.63) is 36.8 Å². The van der Waals surface area contributed by atoms with Crippen molar-refractivity contribution in [1.82, 2.24) is 14.8 Å². The molecule has 4 nitrogen and oxygen atoms in total. The molecule has 0 saturated heterocycles. The van der Waals surface area contributed by atoms with E-state index in [2.05, 4.69) is 10.1 Å². The maximum Gasteiger partial charge on any atom is 0.123 e. The van der Waals surface area contributed by atoms with Crippen molar-refractivity contribution < 1.29 is 0 Å². The van der Waals surface area contributed by atoms with Crippen molar-refractivity contribution in [2.45, 2.75) is 11.4 Å². The topological polar surface area (TPSA) is 56.7 Å². The molecule has 2 heterocycles. The predicted molar refractivity (Wildman–Crippen MR) is 61.6 cm³/mol. The summed E-state index contributed by atoms with van der Waals surface area (Å²) in [6.07, 6.45) is 5.54. The fourth-order valence-corrected chi connectivity index (χ4v) is 1.97. The number of aromatic nitrogens is 3. The molecule has 0 aliphatic heterocycles. The summed E-state index contributed by atoms with van der Waals surface area (Å²) >= 11 is 1.75. The Morgan fingerprint density at radius 3 is 3.00 bits per heavy atom. The minimum Gasteiger partial charge on any atom is -0.384 e. The Kier molecular flexibility index (Phi) is 3.24. The fourth-order valence-electron chi connectivity index (χ4n) is 1.17. The molecule has 0 bridgehead atoms. The first-order valence-electron chi connectivity index (χ1n) is 4.66. The summed E-state index contributed by atoms with van der Waals surface area (Å²) in [5.41, 5.74) is 5.50. The molecule has 5 heteroatoms. The van der Waals surface area contributed by atoms with Gasteiger partial charge in [-0.05, 0) is 18.2 Å². The van der Waals surface area contributed by atoms with E-state index in [4.69, 9.17) is 5.73 Å². The van der Waals surface area contributed by atoms with E-state index in [1.54, 1.807) is 24.2 Å². The van der Waals surface area contributed by atoms with Gasteiger partial charge >= 0.3 is 0 Å². The number of anilines is 1. The molecule has 0 aliphatic carbocycles. The Balaban J connectivity index is 1.81. The van der Waals surface area contributed by atoms with Crippen LogP contribution in [-0.2, 0) is 6.54 Å². The van der Waals surface area contributed by atoms with Crippen LogP contribution < -0.4 is 5.73 Å². The maximum atomic E-state index is 5.50. The SMILES string of the molecule is Nc1ccc(SCCn2cccn2)cn1. The van der Waals surface area contributed by atoms with Gasteiger partial charge in [0.25, 0.3) is 0 Å². The molecule has 15 heavy (non-hydrogen) atoms. The van der Waals surface area contributed by atoms with Crippen molar-refractivity contribution >= 4 is 17.6 Å². The van der Waals surface area contributed by atoms with Crippen molar-refractivity contribution in [2.24, 2.45) is 0 Å². The molecular formula is C10H12N4S. The van der Waals surface area contributed by atoms with Gasteiger partial charge in [-0.3, -0.25) is 4.68 Å². The summed E-state index contributed by atoms with van der Waals surface area (Å²) in [7, 11) is 0. The van der Waals surface area contributed by atoms with Gasteiger partial charge in [-0.15, -0.1) is 11.8 Å². The number of hydrogen-bond acceptors (Lipinski definition) is 4. The van der Waals surface area contributed by atoms with Crippen LogP contribution in [0.5, 0.6) is 0 Å². The van der Waals surface area contributed by atoms with E-state index in [0.29, 0.717) is 5.82 Å². The molecule has 0 aromatic carbocycles. The first-order chi connectivity index (χ1) is 7.34. The molecule has 0 spiro atoms. The van der Waals surface area contributed by atoms with Gasteiger partial charge in [-0.25, -0.2) is 4.98 Å². The van der Waals surface area contributed by atoms with Crippen molar-refractivity contribution in [3.63, 3.8) is 0 Å². The maximum absolute atomic E-state index is 5.50. The zero-order chi connectivity index (χ0) is 10.5. The van der Waals surface area contributed by atoms with Crippen LogP contribution in [0.1, 0.15) is 0 Å². The third kappa shape index (κ3) is 2.99. The third-order valence-electron chi connectivity index (χ3n) is 1.91. The monoisotopic (exact) mass is 220 g/mol. The number of nitrogens with two attached hydrogens (primary N) is 1. The lowest BCUT2D eigenvalue weighted by Crippen LogP contribution is -2.00. The van der Waals surface area contributed by atoms with Crippen molar-refractivity contribution in [2.75, 3.05) is 11.5 Å². The van der Waals surface area contributed by atoms with E-state index in [9.17, 15) is 0 Å². The third-order valence-corrected chi connectivity index (χ3v) is 2.87. The van der Waals surface area contributed by atoms with Gasteiger partial charge < -0.3 is 5.73 Å². The zero-order valence-electron chi connectivity index (χ0n) is 8.21. The lowest BCUT2D eigenvalue weighted by Gasteiger charge is -2.01. The largest absolute Gasteiger partial charge is 0.384 e. The zero-order valence-corrected chi connectivity index (χ0v) is 9.02. The van der Waals surface area contributed by atoms with Gasteiger partial charge in [0.1, 0.15) is 5.82 Å². The summed E-state index contributed by atoms with van der Waals surface area (Å²) in [5, 5.41) is 4.13. The van der Waals surface area contributed by atoms with Crippen LogP contribution in [-0.4, -0.2) is 20.5 Å². The quantitative estimate of drug-likeness (QED) is 0.796. The second kappa shape index (κ2) is 4.84. The van der Waals surface area contributed by atoms with E-state index < -0.39 is 0 Å². The number of pyridine rings is 1. The molecule has 0 saturated carbocycles.